The van der Waals surface area contributed by atoms with Crippen LogP contribution in [0, 0.1) is 6.92 Å². The van der Waals surface area contributed by atoms with Gasteiger partial charge in [0.25, 0.3) is 5.91 Å². The third-order valence-electron chi connectivity index (χ3n) is 4.00. The van der Waals surface area contributed by atoms with Gasteiger partial charge in [-0.05, 0) is 55.5 Å². The molecule has 0 unspecified atom stereocenters. The van der Waals surface area contributed by atoms with Crippen LogP contribution in [-0.2, 0) is 0 Å². The molecule has 0 bridgehead atoms. The fourth-order valence-electron chi connectivity index (χ4n) is 2.74. The molecule has 0 saturated heterocycles. The van der Waals surface area contributed by atoms with Crippen molar-refractivity contribution in [2.75, 3.05) is 5.32 Å². The summed E-state index contributed by atoms with van der Waals surface area (Å²) in [5.74, 6) is 0.323. The second kappa shape index (κ2) is 6.65. The molecule has 0 atom stereocenters. The largest absolute Gasteiger partial charge is 0.436 e. The molecule has 1 aromatic heterocycles. The SMILES string of the molecule is Cc1cccc(C(=O)Nc2cccc(-c3nc4cc(Cl)ccc4o3)c2)c1. The van der Waals surface area contributed by atoms with Crippen molar-refractivity contribution in [3.05, 3.63) is 82.9 Å². The second-order valence-electron chi connectivity index (χ2n) is 6.04. The number of oxazole rings is 1. The van der Waals surface area contributed by atoms with E-state index in [-0.39, 0.29) is 5.91 Å². The Bertz CT molecular complexity index is 1120. The highest BCUT2D eigenvalue weighted by Gasteiger charge is 2.11. The predicted octanol–water partition coefficient (Wildman–Crippen LogP) is 5.71. The van der Waals surface area contributed by atoms with Gasteiger partial charge < -0.3 is 9.73 Å². The van der Waals surface area contributed by atoms with Crippen molar-refractivity contribution in [3.63, 3.8) is 0 Å². The lowest BCUT2D eigenvalue weighted by atomic mass is 10.1. The summed E-state index contributed by atoms with van der Waals surface area (Å²) in [6, 6.07) is 20.2. The van der Waals surface area contributed by atoms with E-state index in [0.29, 0.717) is 33.3 Å². The first-order chi connectivity index (χ1) is 12.6. The molecule has 0 aliphatic carbocycles. The first kappa shape index (κ1) is 16.4. The number of rotatable bonds is 3. The highest BCUT2D eigenvalue weighted by atomic mass is 35.5. The van der Waals surface area contributed by atoms with Gasteiger partial charge in [-0.2, -0.15) is 0 Å². The number of nitrogens with one attached hydrogen (secondary N) is 1. The van der Waals surface area contributed by atoms with Gasteiger partial charge in [-0.1, -0.05) is 35.4 Å². The molecule has 1 heterocycles. The van der Waals surface area contributed by atoms with Crippen molar-refractivity contribution in [2.45, 2.75) is 6.92 Å². The van der Waals surface area contributed by atoms with Gasteiger partial charge >= 0.3 is 0 Å². The Balaban J connectivity index is 1.62. The van der Waals surface area contributed by atoms with Crippen molar-refractivity contribution < 1.29 is 9.21 Å². The maximum Gasteiger partial charge on any atom is 0.255 e. The van der Waals surface area contributed by atoms with Gasteiger partial charge in [-0.25, -0.2) is 4.98 Å². The van der Waals surface area contributed by atoms with E-state index in [1.807, 2.05) is 49.4 Å². The number of aryl methyl sites for hydroxylation is 1. The summed E-state index contributed by atoms with van der Waals surface area (Å²) in [7, 11) is 0. The summed E-state index contributed by atoms with van der Waals surface area (Å²) in [5, 5.41) is 3.52. The molecular formula is C21H15ClN2O2. The zero-order valence-electron chi connectivity index (χ0n) is 14.0. The molecular weight excluding hydrogens is 348 g/mol. The fourth-order valence-corrected chi connectivity index (χ4v) is 2.91. The maximum atomic E-state index is 12.4. The van der Waals surface area contributed by atoms with Crippen LogP contribution in [-0.4, -0.2) is 10.9 Å². The van der Waals surface area contributed by atoms with Crippen LogP contribution in [0.5, 0.6) is 0 Å². The number of nitrogens with zero attached hydrogens (tertiary/aromatic N) is 1. The van der Waals surface area contributed by atoms with Crippen molar-refractivity contribution in [2.24, 2.45) is 0 Å². The molecule has 3 aromatic carbocycles. The van der Waals surface area contributed by atoms with Crippen molar-refractivity contribution >= 4 is 34.3 Å². The molecule has 4 nitrogen and oxygen atoms in total. The van der Waals surface area contributed by atoms with Crippen molar-refractivity contribution in [3.8, 4) is 11.5 Å². The zero-order chi connectivity index (χ0) is 18.1. The van der Waals surface area contributed by atoms with E-state index < -0.39 is 0 Å². The summed E-state index contributed by atoms with van der Waals surface area (Å²) in [6.45, 7) is 1.96. The molecule has 0 aliphatic rings. The normalized spacial score (nSPS) is 10.8. The lowest BCUT2D eigenvalue weighted by Crippen LogP contribution is -2.11. The van der Waals surface area contributed by atoms with E-state index in [0.717, 1.165) is 11.1 Å². The molecule has 0 saturated carbocycles. The highest BCUT2D eigenvalue weighted by molar-refractivity contribution is 6.31. The third kappa shape index (κ3) is 3.32. The van der Waals surface area contributed by atoms with E-state index in [4.69, 9.17) is 16.0 Å². The monoisotopic (exact) mass is 362 g/mol. The number of amides is 1. The van der Waals surface area contributed by atoms with E-state index in [9.17, 15) is 4.79 Å². The Morgan fingerprint density at radius 2 is 1.88 bits per heavy atom. The lowest BCUT2D eigenvalue weighted by Gasteiger charge is -2.07. The number of aromatic nitrogens is 1. The lowest BCUT2D eigenvalue weighted by molar-refractivity contribution is 0.102. The van der Waals surface area contributed by atoms with Crippen LogP contribution >= 0.6 is 11.6 Å². The molecule has 4 aromatic rings. The topological polar surface area (TPSA) is 55.1 Å². The summed E-state index contributed by atoms with van der Waals surface area (Å²) in [4.78, 5) is 16.9. The number of anilines is 1. The standard InChI is InChI=1S/C21H15ClN2O2/c1-13-4-2-5-14(10-13)20(25)23-17-7-3-6-15(11-17)21-24-18-12-16(22)8-9-19(18)26-21/h2-12H,1H3,(H,23,25). The number of benzene rings is 3. The molecule has 0 fully saturated rings. The van der Waals surface area contributed by atoms with E-state index >= 15 is 0 Å². The summed E-state index contributed by atoms with van der Waals surface area (Å²) >= 11 is 6.00. The van der Waals surface area contributed by atoms with E-state index in [1.54, 1.807) is 24.3 Å². The van der Waals surface area contributed by atoms with E-state index in [2.05, 4.69) is 10.3 Å². The average molecular weight is 363 g/mol. The fraction of sp³-hybridized carbons (Fsp3) is 0.0476. The number of halogens is 1. The van der Waals surface area contributed by atoms with Crippen LogP contribution in [0.25, 0.3) is 22.6 Å². The zero-order valence-corrected chi connectivity index (χ0v) is 14.7. The Morgan fingerprint density at radius 1 is 1.04 bits per heavy atom. The maximum absolute atomic E-state index is 12.4. The Morgan fingerprint density at radius 3 is 2.73 bits per heavy atom. The minimum Gasteiger partial charge on any atom is -0.436 e. The first-order valence-electron chi connectivity index (χ1n) is 8.13. The van der Waals surface area contributed by atoms with Crippen LogP contribution in [0.4, 0.5) is 5.69 Å². The molecule has 26 heavy (non-hydrogen) atoms. The Labute approximate surface area is 155 Å². The minimum atomic E-state index is -0.157. The summed E-state index contributed by atoms with van der Waals surface area (Å²) in [5.41, 5.74) is 4.47. The Kier molecular flexibility index (Phi) is 4.19. The molecule has 0 aliphatic heterocycles. The second-order valence-corrected chi connectivity index (χ2v) is 6.47. The van der Waals surface area contributed by atoms with Gasteiger partial charge in [0, 0.05) is 21.8 Å². The number of hydrogen-bond acceptors (Lipinski definition) is 3. The number of fused-ring (bicyclic) bond motifs is 1. The smallest absolute Gasteiger partial charge is 0.255 e. The van der Waals surface area contributed by atoms with Crippen LogP contribution < -0.4 is 5.32 Å². The first-order valence-corrected chi connectivity index (χ1v) is 8.51. The van der Waals surface area contributed by atoms with Gasteiger partial charge in [0.15, 0.2) is 5.58 Å². The molecule has 128 valence electrons. The Hall–Kier alpha value is -3.11. The molecule has 1 amide bonds. The van der Waals surface area contributed by atoms with Crippen molar-refractivity contribution in [1.82, 2.24) is 4.98 Å². The third-order valence-corrected chi connectivity index (χ3v) is 4.23. The average Bonchev–Trinajstić information content (AvgIpc) is 3.05. The van der Waals surface area contributed by atoms with E-state index in [1.165, 1.54) is 0 Å². The quantitative estimate of drug-likeness (QED) is 0.508. The van der Waals surface area contributed by atoms with Gasteiger partial charge in [0.05, 0.1) is 0 Å². The summed E-state index contributed by atoms with van der Waals surface area (Å²) in [6.07, 6.45) is 0. The molecule has 5 heteroatoms. The van der Waals surface area contributed by atoms with Crippen LogP contribution in [0.2, 0.25) is 5.02 Å². The number of carbonyl (C=O) groups is 1. The van der Waals surface area contributed by atoms with Crippen molar-refractivity contribution in [1.29, 1.82) is 0 Å². The van der Waals surface area contributed by atoms with Gasteiger partial charge in [-0.3, -0.25) is 4.79 Å². The molecule has 0 spiro atoms. The summed E-state index contributed by atoms with van der Waals surface area (Å²) < 4.78 is 5.79. The highest BCUT2D eigenvalue weighted by Crippen LogP contribution is 2.27. The minimum absolute atomic E-state index is 0.157. The molecule has 4 rings (SSSR count). The number of carbonyl (C=O) groups excluding carboxylic acids is 1. The molecule has 0 radical (unpaired) electrons. The predicted molar refractivity (Wildman–Crippen MR) is 104 cm³/mol. The van der Waals surface area contributed by atoms with Gasteiger partial charge in [-0.15, -0.1) is 0 Å². The van der Waals surface area contributed by atoms with Gasteiger partial charge in [0.1, 0.15) is 5.52 Å². The van der Waals surface area contributed by atoms with Crippen LogP contribution in [0.3, 0.4) is 0 Å². The van der Waals surface area contributed by atoms with Gasteiger partial charge in [0.2, 0.25) is 5.89 Å². The number of hydrogen-bond donors (Lipinski definition) is 1. The van der Waals surface area contributed by atoms with Crippen LogP contribution in [0.1, 0.15) is 15.9 Å². The molecule has 1 N–H and O–H groups in total. The van der Waals surface area contributed by atoms with Crippen LogP contribution in [0.15, 0.2) is 71.1 Å².